The van der Waals surface area contributed by atoms with E-state index in [9.17, 15) is 0 Å². The minimum absolute atomic E-state index is 0.0292. The summed E-state index contributed by atoms with van der Waals surface area (Å²) in [5.41, 5.74) is 2.25. The van der Waals surface area contributed by atoms with E-state index in [1.54, 1.807) is 7.11 Å². The summed E-state index contributed by atoms with van der Waals surface area (Å²) in [4.78, 5) is 12.0. The number of methoxy groups -OCH3 is 1. The Hall–Kier alpha value is -1.53. The quantitative estimate of drug-likeness (QED) is 0.758. The number of rotatable bonds is 3. The summed E-state index contributed by atoms with van der Waals surface area (Å²) in [6, 6.07) is 12.5. The largest absolute Gasteiger partial charge is 0.496 e. The van der Waals surface area contributed by atoms with Gasteiger partial charge in [0, 0.05) is 18.0 Å². The molecule has 1 fully saturated rings. The molecular weight excluding hydrogens is 386 g/mol. The minimum atomic E-state index is 0.0292. The van der Waals surface area contributed by atoms with Crippen LogP contribution in [0.15, 0.2) is 52.1 Å². The van der Waals surface area contributed by atoms with Crippen LogP contribution in [0, 0.1) is 0 Å². The van der Waals surface area contributed by atoms with Gasteiger partial charge in [0.25, 0.3) is 0 Å². The number of amidine groups is 1. The Morgan fingerprint density at radius 3 is 2.88 bits per heavy atom. The molecule has 0 saturated carbocycles. The Bertz CT molecular complexity index is 783. The van der Waals surface area contributed by atoms with Crippen LogP contribution in [0.2, 0.25) is 0 Å². The maximum atomic E-state index is 5.37. The predicted octanol–water partition coefficient (Wildman–Crippen LogP) is 4.44. The summed E-state index contributed by atoms with van der Waals surface area (Å²) in [7, 11) is 1.69. The van der Waals surface area contributed by atoms with E-state index in [0.29, 0.717) is 5.25 Å². The van der Waals surface area contributed by atoms with Crippen LogP contribution in [0.1, 0.15) is 30.3 Å². The molecule has 2 aliphatic rings. The summed E-state index contributed by atoms with van der Waals surface area (Å²) < 4.78 is 6.34. The summed E-state index contributed by atoms with van der Waals surface area (Å²) in [6.45, 7) is 3.27. The first-order valence-corrected chi connectivity index (χ1v) is 9.60. The third kappa shape index (κ3) is 2.71. The summed E-state index contributed by atoms with van der Waals surface area (Å²) in [5, 5.41) is 1.70. The molecule has 0 spiro atoms. The highest BCUT2D eigenvalue weighted by Crippen LogP contribution is 2.48. The molecule has 2 aromatic rings. The second-order valence-electron chi connectivity index (χ2n) is 6.03. The van der Waals surface area contributed by atoms with Crippen LogP contribution in [0.5, 0.6) is 5.75 Å². The maximum absolute atomic E-state index is 5.37. The molecule has 1 aromatic heterocycles. The molecule has 0 unspecified atom stereocenters. The van der Waals surface area contributed by atoms with E-state index >= 15 is 0 Å². The van der Waals surface area contributed by atoms with Crippen molar-refractivity contribution in [2.24, 2.45) is 4.99 Å². The Morgan fingerprint density at radius 1 is 1.29 bits per heavy atom. The zero-order valence-electron chi connectivity index (χ0n) is 13.5. The number of ether oxygens (including phenoxy) is 1. The molecule has 3 heterocycles. The number of hydrogen-bond acceptors (Lipinski definition) is 5. The second kappa shape index (κ2) is 6.41. The van der Waals surface area contributed by atoms with Crippen molar-refractivity contribution in [3.05, 3.63) is 58.3 Å². The van der Waals surface area contributed by atoms with Crippen LogP contribution >= 0.6 is 27.7 Å². The Kier molecular flexibility index (Phi) is 4.26. The molecule has 3 atom stereocenters. The minimum Gasteiger partial charge on any atom is -0.496 e. The highest BCUT2D eigenvalue weighted by Gasteiger charge is 2.43. The zero-order chi connectivity index (χ0) is 16.7. The van der Waals surface area contributed by atoms with Gasteiger partial charge in [0.15, 0.2) is 5.17 Å². The topological polar surface area (TPSA) is 37.7 Å². The maximum Gasteiger partial charge on any atom is 0.160 e. The number of thioether (sulfide) groups is 1. The molecule has 4 nitrogen and oxygen atoms in total. The first-order chi connectivity index (χ1) is 11.7. The van der Waals surface area contributed by atoms with E-state index < -0.39 is 0 Å². The smallest absolute Gasteiger partial charge is 0.160 e. The van der Waals surface area contributed by atoms with Crippen molar-refractivity contribution < 1.29 is 4.74 Å². The van der Waals surface area contributed by atoms with Crippen LogP contribution in [0.25, 0.3) is 0 Å². The number of aromatic nitrogens is 1. The average molecular weight is 404 g/mol. The lowest BCUT2D eigenvalue weighted by Crippen LogP contribution is -2.28. The monoisotopic (exact) mass is 403 g/mol. The molecule has 0 amide bonds. The summed E-state index contributed by atoms with van der Waals surface area (Å²) in [6.07, 6.45) is 1.84. The van der Waals surface area contributed by atoms with Gasteiger partial charge < -0.3 is 9.64 Å². The van der Waals surface area contributed by atoms with Crippen molar-refractivity contribution in [1.82, 2.24) is 9.88 Å². The molecule has 0 radical (unpaired) electrons. The highest BCUT2D eigenvalue weighted by molar-refractivity contribution is 9.10. The van der Waals surface area contributed by atoms with Gasteiger partial charge in [0.2, 0.25) is 0 Å². The summed E-state index contributed by atoms with van der Waals surface area (Å²) >= 11 is 5.47. The van der Waals surface area contributed by atoms with E-state index in [-0.39, 0.29) is 12.1 Å². The normalized spacial score (nSPS) is 25.5. The number of aliphatic imine (C=N–C) groups is 1. The molecule has 0 aliphatic carbocycles. The molecule has 0 N–H and O–H groups in total. The SMILES string of the molecule is COc1ccc([C@@H]2[C@@H](c3ccccn3)N=C3S[C@H](C)CN32)cc1Br. The van der Waals surface area contributed by atoms with Gasteiger partial charge in [0.05, 0.1) is 23.3 Å². The number of nitrogens with zero attached hydrogens (tertiary/aromatic N) is 3. The third-order valence-corrected chi connectivity index (χ3v) is 6.12. The standard InChI is InChI=1S/C18H18BrN3OS/c1-11-10-22-17(12-6-7-15(23-2)13(19)9-12)16(21-18(22)24-11)14-5-3-4-8-20-14/h3-9,11,16-17H,10H2,1-2H3/t11-,16-,17-/m1/s1. The number of benzene rings is 1. The van der Waals surface area contributed by atoms with Crippen molar-refractivity contribution >= 4 is 32.9 Å². The fourth-order valence-corrected chi connectivity index (χ4v) is 5.00. The molecule has 6 heteroatoms. The highest BCUT2D eigenvalue weighted by atomic mass is 79.9. The molecule has 0 bridgehead atoms. The lowest BCUT2D eigenvalue weighted by atomic mass is 9.96. The van der Waals surface area contributed by atoms with E-state index in [4.69, 9.17) is 9.73 Å². The Balaban J connectivity index is 1.77. The zero-order valence-corrected chi connectivity index (χ0v) is 15.9. The van der Waals surface area contributed by atoms with Gasteiger partial charge in [-0.05, 0) is 45.8 Å². The van der Waals surface area contributed by atoms with Gasteiger partial charge in [-0.15, -0.1) is 0 Å². The van der Waals surface area contributed by atoms with Crippen LogP contribution in [-0.4, -0.2) is 34.0 Å². The van der Waals surface area contributed by atoms with Crippen molar-refractivity contribution in [1.29, 1.82) is 0 Å². The van der Waals surface area contributed by atoms with E-state index in [0.717, 1.165) is 27.6 Å². The van der Waals surface area contributed by atoms with Crippen molar-refractivity contribution in [3.8, 4) is 5.75 Å². The van der Waals surface area contributed by atoms with Crippen molar-refractivity contribution in [2.45, 2.75) is 24.3 Å². The van der Waals surface area contributed by atoms with Crippen LogP contribution in [0.4, 0.5) is 0 Å². The van der Waals surface area contributed by atoms with Crippen LogP contribution < -0.4 is 4.74 Å². The number of pyridine rings is 1. The lowest BCUT2D eigenvalue weighted by molar-refractivity contribution is 0.320. The van der Waals surface area contributed by atoms with Gasteiger partial charge in [-0.2, -0.15) is 0 Å². The lowest BCUT2D eigenvalue weighted by Gasteiger charge is -2.27. The van der Waals surface area contributed by atoms with Crippen molar-refractivity contribution in [2.75, 3.05) is 13.7 Å². The Labute approximate surface area is 154 Å². The molecular formula is C18H18BrN3OS. The van der Waals surface area contributed by atoms with Gasteiger partial charge in [0.1, 0.15) is 11.8 Å². The van der Waals surface area contributed by atoms with Gasteiger partial charge in [-0.1, -0.05) is 30.8 Å². The third-order valence-electron chi connectivity index (χ3n) is 4.40. The fraction of sp³-hybridized carbons (Fsp3) is 0.333. The second-order valence-corrected chi connectivity index (χ2v) is 8.29. The number of halogens is 1. The van der Waals surface area contributed by atoms with Crippen LogP contribution in [-0.2, 0) is 0 Å². The number of hydrogen-bond donors (Lipinski definition) is 0. The van der Waals surface area contributed by atoms with Gasteiger partial charge in [-0.3, -0.25) is 9.98 Å². The van der Waals surface area contributed by atoms with Crippen molar-refractivity contribution in [3.63, 3.8) is 0 Å². The Morgan fingerprint density at radius 2 is 2.17 bits per heavy atom. The molecule has 2 aliphatic heterocycles. The summed E-state index contributed by atoms with van der Waals surface area (Å²) in [5.74, 6) is 0.844. The molecule has 1 aromatic carbocycles. The van der Waals surface area contributed by atoms with Crippen LogP contribution in [0.3, 0.4) is 0 Å². The molecule has 4 rings (SSSR count). The fourth-order valence-electron chi connectivity index (χ4n) is 3.34. The molecule has 124 valence electrons. The predicted molar refractivity (Wildman–Crippen MR) is 102 cm³/mol. The average Bonchev–Trinajstić information content (AvgIpc) is 3.11. The molecule has 24 heavy (non-hydrogen) atoms. The first kappa shape index (κ1) is 16.0. The van der Waals surface area contributed by atoms with E-state index in [2.05, 4.69) is 50.9 Å². The number of fused-ring (bicyclic) bond motifs is 1. The van der Waals surface area contributed by atoms with E-state index in [1.165, 1.54) is 5.56 Å². The van der Waals surface area contributed by atoms with Gasteiger partial charge >= 0.3 is 0 Å². The van der Waals surface area contributed by atoms with E-state index in [1.807, 2.05) is 36.2 Å². The molecule has 1 saturated heterocycles. The van der Waals surface area contributed by atoms with Gasteiger partial charge in [-0.25, -0.2) is 0 Å². The first-order valence-electron chi connectivity index (χ1n) is 7.93.